The van der Waals surface area contributed by atoms with Crippen molar-refractivity contribution >= 4 is 62.3 Å². The quantitative estimate of drug-likeness (QED) is 0.439. The number of hydrogen-bond acceptors (Lipinski definition) is 4. The highest BCUT2D eigenvalue weighted by Gasteiger charge is 2.29. The van der Waals surface area contributed by atoms with Gasteiger partial charge in [-0.05, 0) is 49.2 Å². The Morgan fingerprint density at radius 3 is 2.12 bits per heavy atom. The molecule has 0 radical (unpaired) electrons. The normalized spacial score (nSPS) is 12.2. The van der Waals surface area contributed by atoms with E-state index in [1.807, 2.05) is 0 Å². The van der Waals surface area contributed by atoms with E-state index in [4.69, 9.17) is 34.8 Å². The zero-order chi connectivity index (χ0) is 25.5. The van der Waals surface area contributed by atoms with Gasteiger partial charge in [0.25, 0.3) is 0 Å². The minimum atomic E-state index is -3.58. The molecule has 0 unspecified atom stereocenters. The van der Waals surface area contributed by atoms with Crippen molar-refractivity contribution < 1.29 is 18.0 Å². The Morgan fingerprint density at radius 2 is 1.62 bits per heavy atom. The fraction of sp³-hybridized carbons (Fsp3) is 0.391. The smallest absolute Gasteiger partial charge is 0.242 e. The first-order chi connectivity index (χ1) is 16.0. The van der Waals surface area contributed by atoms with Gasteiger partial charge in [-0.15, -0.1) is 0 Å². The summed E-state index contributed by atoms with van der Waals surface area (Å²) in [6, 6.07) is 10.7. The van der Waals surface area contributed by atoms with Crippen molar-refractivity contribution in [3.63, 3.8) is 0 Å². The largest absolute Gasteiger partial charge is 0.357 e. The van der Waals surface area contributed by atoms with Crippen molar-refractivity contribution in [3.8, 4) is 0 Å². The molecule has 7 nitrogen and oxygen atoms in total. The second-order valence-electron chi connectivity index (χ2n) is 7.68. The Morgan fingerprint density at radius 1 is 1.03 bits per heavy atom. The van der Waals surface area contributed by atoms with Gasteiger partial charge in [-0.1, -0.05) is 47.8 Å². The highest BCUT2D eigenvalue weighted by molar-refractivity contribution is 7.92. The fourth-order valence-corrected chi connectivity index (χ4v) is 5.16. The van der Waals surface area contributed by atoms with E-state index in [0.717, 1.165) is 6.26 Å². The van der Waals surface area contributed by atoms with Gasteiger partial charge in [0.1, 0.15) is 6.04 Å². The van der Waals surface area contributed by atoms with Crippen LogP contribution in [0, 0.1) is 0 Å². The van der Waals surface area contributed by atoms with Crippen LogP contribution in [0.1, 0.15) is 31.7 Å². The Kier molecular flexibility index (Phi) is 10.5. The first-order valence-corrected chi connectivity index (χ1v) is 13.6. The summed E-state index contributed by atoms with van der Waals surface area (Å²) in [7, 11) is -2.07. The monoisotopic (exact) mass is 547 g/mol. The number of carbonyl (C=O) groups is 2. The van der Waals surface area contributed by atoms with Crippen LogP contribution in [0.4, 0.5) is 5.69 Å². The first-order valence-electron chi connectivity index (χ1n) is 10.7. The van der Waals surface area contributed by atoms with E-state index in [9.17, 15) is 18.0 Å². The number of likely N-dealkylation sites (N-methyl/N-ethyl adjacent to an activating group) is 1. The van der Waals surface area contributed by atoms with Crippen LogP contribution in [0.2, 0.25) is 15.1 Å². The molecule has 0 aromatic heterocycles. The number of carbonyl (C=O) groups excluding carboxylic acids is 2. The van der Waals surface area contributed by atoms with Gasteiger partial charge in [-0.25, -0.2) is 8.42 Å². The van der Waals surface area contributed by atoms with Crippen LogP contribution in [0.15, 0.2) is 42.5 Å². The van der Waals surface area contributed by atoms with Crippen molar-refractivity contribution in [1.29, 1.82) is 0 Å². The third kappa shape index (κ3) is 7.50. The van der Waals surface area contributed by atoms with Crippen LogP contribution in [0.5, 0.6) is 0 Å². The number of nitrogens with one attached hydrogen (secondary N) is 1. The van der Waals surface area contributed by atoms with Gasteiger partial charge in [-0.3, -0.25) is 13.9 Å². The number of hydrogen-bond donors (Lipinski definition) is 1. The molecule has 1 N–H and O–H groups in total. The van der Waals surface area contributed by atoms with Gasteiger partial charge in [0, 0.05) is 47.2 Å². The number of amides is 2. The van der Waals surface area contributed by atoms with E-state index in [2.05, 4.69) is 5.32 Å². The van der Waals surface area contributed by atoms with Crippen molar-refractivity contribution in [2.75, 3.05) is 24.2 Å². The molecule has 34 heavy (non-hydrogen) atoms. The number of benzene rings is 2. The van der Waals surface area contributed by atoms with Crippen molar-refractivity contribution in [3.05, 3.63) is 63.1 Å². The molecular weight excluding hydrogens is 521 g/mol. The van der Waals surface area contributed by atoms with E-state index in [0.29, 0.717) is 32.7 Å². The molecule has 0 saturated heterocycles. The Bertz CT molecular complexity index is 1090. The van der Waals surface area contributed by atoms with Crippen LogP contribution in [0.3, 0.4) is 0 Å². The van der Waals surface area contributed by atoms with Crippen LogP contribution in [0.25, 0.3) is 0 Å². The van der Waals surface area contributed by atoms with Crippen molar-refractivity contribution in [2.45, 2.75) is 38.8 Å². The lowest BCUT2D eigenvalue weighted by Gasteiger charge is -2.31. The van der Waals surface area contributed by atoms with Gasteiger partial charge in [0.15, 0.2) is 0 Å². The van der Waals surface area contributed by atoms with E-state index in [1.165, 1.54) is 16.3 Å². The third-order valence-electron chi connectivity index (χ3n) is 5.29. The summed E-state index contributed by atoms with van der Waals surface area (Å²) < 4.78 is 25.9. The van der Waals surface area contributed by atoms with Gasteiger partial charge >= 0.3 is 0 Å². The zero-order valence-corrected chi connectivity index (χ0v) is 22.3. The van der Waals surface area contributed by atoms with E-state index in [1.54, 1.807) is 49.4 Å². The molecule has 2 aromatic rings. The van der Waals surface area contributed by atoms with E-state index >= 15 is 0 Å². The molecule has 0 aliphatic heterocycles. The number of anilines is 1. The molecule has 2 aromatic carbocycles. The van der Waals surface area contributed by atoms with Crippen LogP contribution < -0.4 is 9.62 Å². The summed E-state index contributed by atoms with van der Waals surface area (Å²) in [4.78, 5) is 27.2. The number of halogens is 3. The van der Waals surface area contributed by atoms with E-state index < -0.39 is 16.1 Å². The van der Waals surface area contributed by atoms with Crippen LogP contribution >= 0.6 is 34.8 Å². The Balaban J connectivity index is 2.23. The molecule has 1 atom stereocenters. The molecule has 0 fully saturated rings. The number of sulfonamides is 1. The summed E-state index contributed by atoms with van der Waals surface area (Å²) in [5.41, 5.74) is 0.997. The highest BCUT2D eigenvalue weighted by atomic mass is 35.5. The third-order valence-corrected chi connectivity index (χ3v) is 7.44. The molecule has 0 heterocycles. The number of nitrogens with zero attached hydrogens (tertiary/aromatic N) is 2. The highest BCUT2D eigenvalue weighted by Crippen LogP contribution is 2.27. The first kappa shape index (κ1) is 28.2. The molecule has 2 amide bonds. The van der Waals surface area contributed by atoms with Gasteiger partial charge in [-0.2, -0.15) is 0 Å². The summed E-state index contributed by atoms with van der Waals surface area (Å²) in [6.07, 6.45) is 1.75. The Hall–Kier alpha value is -2.00. The van der Waals surface area contributed by atoms with Gasteiger partial charge in [0.05, 0.1) is 11.9 Å². The maximum absolute atomic E-state index is 13.3. The van der Waals surface area contributed by atoms with Crippen LogP contribution in [-0.4, -0.2) is 51.0 Å². The molecule has 0 aliphatic carbocycles. The molecule has 11 heteroatoms. The summed E-state index contributed by atoms with van der Waals surface area (Å²) in [5.74, 6) is -0.617. The SMILES string of the molecule is CC[C@H](C(=O)NC)N(Cc1c(Cl)cccc1Cl)C(=O)CCCN(c1ccc(Cl)cc1)S(C)(=O)=O. The lowest BCUT2D eigenvalue weighted by molar-refractivity contribution is -0.141. The molecular formula is C23H28Cl3N3O4S. The summed E-state index contributed by atoms with van der Waals surface area (Å²) >= 11 is 18.5. The summed E-state index contributed by atoms with van der Waals surface area (Å²) in [5, 5.41) is 3.86. The van der Waals surface area contributed by atoms with E-state index in [-0.39, 0.29) is 37.7 Å². The van der Waals surface area contributed by atoms with Gasteiger partial charge in [0.2, 0.25) is 21.8 Å². The lowest BCUT2D eigenvalue weighted by Crippen LogP contribution is -2.48. The molecule has 0 spiro atoms. The molecule has 2 rings (SSSR count). The second kappa shape index (κ2) is 12.6. The molecule has 0 saturated carbocycles. The standard InChI is InChI=1S/C23H28Cl3N3O4S/c1-4-21(23(31)27-2)28(15-18-19(25)7-5-8-20(18)26)22(30)9-6-14-29(34(3,32)33)17-12-10-16(24)11-13-17/h5,7-8,10-13,21H,4,6,9,14-15H2,1-3H3,(H,27,31)/t21-/m1/s1. The maximum Gasteiger partial charge on any atom is 0.242 e. The predicted octanol–water partition coefficient (Wildman–Crippen LogP) is 4.75. The topological polar surface area (TPSA) is 86.8 Å². The zero-order valence-electron chi connectivity index (χ0n) is 19.2. The Labute approximate surface area is 216 Å². The molecule has 186 valence electrons. The molecule has 0 bridgehead atoms. The molecule has 0 aliphatic rings. The summed E-state index contributed by atoms with van der Waals surface area (Å²) in [6.45, 7) is 1.94. The average molecular weight is 549 g/mol. The maximum atomic E-state index is 13.3. The van der Waals surface area contributed by atoms with Crippen LogP contribution in [-0.2, 0) is 26.2 Å². The van der Waals surface area contributed by atoms with Crippen molar-refractivity contribution in [2.24, 2.45) is 0 Å². The predicted molar refractivity (Wildman–Crippen MR) is 138 cm³/mol. The van der Waals surface area contributed by atoms with Crippen molar-refractivity contribution in [1.82, 2.24) is 10.2 Å². The van der Waals surface area contributed by atoms with Gasteiger partial charge < -0.3 is 10.2 Å². The lowest BCUT2D eigenvalue weighted by atomic mass is 10.1. The minimum Gasteiger partial charge on any atom is -0.357 e. The minimum absolute atomic E-state index is 0.0230. The average Bonchev–Trinajstić information content (AvgIpc) is 2.78. The number of rotatable bonds is 11. The second-order valence-corrected chi connectivity index (χ2v) is 10.8. The fourth-order valence-electron chi connectivity index (χ4n) is 3.55.